The molecule has 0 radical (unpaired) electrons. The zero-order valence-electron chi connectivity index (χ0n) is 8.35. The lowest BCUT2D eigenvalue weighted by molar-refractivity contribution is 0.363. The van der Waals surface area contributed by atoms with Crippen LogP contribution in [0.2, 0.25) is 0 Å². The Morgan fingerprint density at radius 1 is 1.47 bits per heavy atom. The molecule has 0 aromatic heterocycles. The Morgan fingerprint density at radius 3 is 2.73 bits per heavy atom. The van der Waals surface area contributed by atoms with Gasteiger partial charge in [0.25, 0.3) is 0 Å². The zero-order chi connectivity index (χ0) is 11.3. The van der Waals surface area contributed by atoms with Crippen LogP contribution in [0.25, 0.3) is 0 Å². The lowest BCUT2D eigenvalue weighted by Gasteiger charge is -2.08. The second-order valence-electron chi connectivity index (χ2n) is 3.06. The second-order valence-corrected chi connectivity index (χ2v) is 3.32. The molecule has 0 unspecified atom stereocenters. The van der Waals surface area contributed by atoms with Crippen molar-refractivity contribution < 1.29 is 14.8 Å². The molecule has 3 nitrogen and oxygen atoms in total. The van der Waals surface area contributed by atoms with E-state index in [2.05, 4.69) is 0 Å². The van der Waals surface area contributed by atoms with Gasteiger partial charge < -0.3 is 14.8 Å². The van der Waals surface area contributed by atoms with Crippen molar-refractivity contribution in [1.82, 2.24) is 0 Å². The number of ether oxygens (including phenoxy) is 1. The molecule has 0 heterocycles. The summed E-state index contributed by atoms with van der Waals surface area (Å²) in [7, 11) is -1.44. The maximum absolute atomic E-state index is 9.00. The molecule has 15 heavy (non-hydrogen) atoms. The first-order valence-electron chi connectivity index (χ1n) is 4.50. The summed E-state index contributed by atoms with van der Waals surface area (Å²) < 4.78 is 5.33. The van der Waals surface area contributed by atoms with Crippen LogP contribution in [0.15, 0.2) is 29.8 Å². The molecule has 1 aromatic rings. The van der Waals surface area contributed by atoms with Gasteiger partial charge in [-0.1, -0.05) is 17.7 Å². The van der Waals surface area contributed by atoms with Crippen LogP contribution in [0.1, 0.15) is 5.56 Å². The number of hydrogen-bond acceptors (Lipinski definition) is 3. The van der Waals surface area contributed by atoms with Crippen LogP contribution in [-0.4, -0.2) is 23.8 Å². The Morgan fingerprint density at radius 2 is 2.20 bits per heavy atom. The van der Waals surface area contributed by atoms with Gasteiger partial charge >= 0.3 is 7.12 Å². The Labute approximate surface area is 94.1 Å². The van der Waals surface area contributed by atoms with Crippen LogP contribution in [0.3, 0.4) is 0 Å². The highest BCUT2D eigenvalue weighted by molar-refractivity contribution is 6.59. The van der Waals surface area contributed by atoms with Gasteiger partial charge in [-0.25, -0.2) is 0 Å². The van der Waals surface area contributed by atoms with Crippen LogP contribution < -0.4 is 10.2 Å². The van der Waals surface area contributed by atoms with Crippen molar-refractivity contribution in [1.29, 1.82) is 0 Å². The molecule has 2 N–H and O–H groups in total. The van der Waals surface area contributed by atoms with E-state index in [4.69, 9.17) is 26.4 Å². The van der Waals surface area contributed by atoms with Crippen LogP contribution in [0, 0.1) is 6.92 Å². The summed E-state index contributed by atoms with van der Waals surface area (Å²) in [5, 5.41) is 18.0. The summed E-state index contributed by atoms with van der Waals surface area (Å²) in [5.41, 5.74) is 2.64. The third-order valence-corrected chi connectivity index (χ3v) is 2.13. The molecular weight excluding hydrogens is 214 g/mol. The van der Waals surface area contributed by atoms with Gasteiger partial charge in [0.2, 0.25) is 0 Å². The lowest BCUT2D eigenvalue weighted by Crippen LogP contribution is -2.31. The summed E-state index contributed by atoms with van der Waals surface area (Å²) in [6.07, 6.45) is 1.67. The highest BCUT2D eigenvalue weighted by atomic mass is 35.5. The minimum Gasteiger partial charge on any atom is -0.489 e. The van der Waals surface area contributed by atoms with E-state index in [1.165, 1.54) is 5.54 Å². The molecule has 0 aliphatic carbocycles. The SMILES string of the molecule is Cc1cc(OC/C=C/Cl)ccc1B(O)O. The third kappa shape index (κ3) is 3.59. The normalized spacial score (nSPS) is 10.7. The van der Waals surface area contributed by atoms with Crippen molar-refractivity contribution in [2.45, 2.75) is 6.92 Å². The van der Waals surface area contributed by atoms with Gasteiger partial charge in [-0.05, 0) is 36.2 Å². The van der Waals surface area contributed by atoms with Gasteiger partial charge in [-0.15, -0.1) is 0 Å². The Kier molecular flexibility index (Phi) is 4.68. The van der Waals surface area contributed by atoms with Gasteiger partial charge in [0.05, 0.1) is 0 Å². The van der Waals surface area contributed by atoms with E-state index in [-0.39, 0.29) is 0 Å². The van der Waals surface area contributed by atoms with Crippen LogP contribution in [0.5, 0.6) is 5.75 Å². The van der Waals surface area contributed by atoms with E-state index in [1.807, 2.05) is 0 Å². The summed E-state index contributed by atoms with van der Waals surface area (Å²) >= 11 is 5.34. The van der Waals surface area contributed by atoms with Crippen molar-refractivity contribution in [3.8, 4) is 5.75 Å². The maximum Gasteiger partial charge on any atom is 0.488 e. The van der Waals surface area contributed by atoms with E-state index in [0.717, 1.165) is 5.56 Å². The molecule has 0 aliphatic heterocycles. The van der Waals surface area contributed by atoms with Gasteiger partial charge in [0, 0.05) is 5.54 Å². The highest BCUT2D eigenvalue weighted by Gasteiger charge is 2.13. The Balaban J connectivity index is 2.73. The van der Waals surface area contributed by atoms with Gasteiger partial charge in [-0.3, -0.25) is 0 Å². The quantitative estimate of drug-likeness (QED) is 0.747. The molecular formula is C10H12BClO3. The molecule has 80 valence electrons. The fraction of sp³-hybridized carbons (Fsp3) is 0.200. The van der Waals surface area contributed by atoms with Crippen molar-refractivity contribution in [2.24, 2.45) is 0 Å². The number of halogens is 1. The van der Waals surface area contributed by atoms with Gasteiger partial charge in [-0.2, -0.15) is 0 Å². The first kappa shape index (κ1) is 12.1. The van der Waals surface area contributed by atoms with E-state index in [1.54, 1.807) is 31.2 Å². The maximum atomic E-state index is 9.00. The smallest absolute Gasteiger partial charge is 0.488 e. The largest absolute Gasteiger partial charge is 0.489 e. The molecule has 0 aliphatic rings. The van der Waals surface area contributed by atoms with Crippen LogP contribution >= 0.6 is 11.6 Å². The lowest BCUT2D eigenvalue weighted by atomic mass is 9.77. The van der Waals surface area contributed by atoms with Crippen molar-refractivity contribution in [3.63, 3.8) is 0 Å². The van der Waals surface area contributed by atoms with Crippen LogP contribution in [0.4, 0.5) is 0 Å². The molecule has 0 atom stereocenters. The molecule has 1 rings (SSSR count). The fourth-order valence-corrected chi connectivity index (χ4v) is 1.28. The minimum atomic E-state index is -1.44. The number of hydrogen-bond donors (Lipinski definition) is 2. The minimum absolute atomic E-state index is 0.393. The molecule has 0 spiro atoms. The Bertz CT molecular complexity index is 353. The topological polar surface area (TPSA) is 49.7 Å². The average molecular weight is 226 g/mol. The molecule has 0 bridgehead atoms. The summed E-state index contributed by atoms with van der Waals surface area (Å²) in [5.74, 6) is 0.673. The predicted octanol–water partition coefficient (Wildman–Crippen LogP) is 0.806. The molecule has 5 heteroatoms. The second kappa shape index (κ2) is 5.80. The zero-order valence-corrected chi connectivity index (χ0v) is 9.11. The monoisotopic (exact) mass is 226 g/mol. The summed E-state index contributed by atoms with van der Waals surface area (Å²) in [4.78, 5) is 0. The van der Waals surface area contributed by atoms with Crippen LogP contribution in [-0.2, 0) is 0 Å². The number of aryl methyl sites for hydroxylation is 1. The summed E-state index contributed by atoms with van der Waals surface area (Å²) in [6, 6.07) is 5.06. The molecule has 0 fully saturated rings. The molecule has 0 amide bonds. The number of benzene rings is 1. The first-order chi connectivity index (χ1) is 7.15. The average Bonchev–Trinajstić information content (AvgIpc) is 2.17. The van der Waals surface area contributed by atoms with Crippen molar-refractivity contribution in [2.75, 3.05) is 6.61 Å². The van der Waals surface area contributed by atoms with E-state index < -0.39 is 7.12 Å². The van der Waals surface area contributed by atoms with E-state index >= 15 is 0 Å². The predicted molar refractivity (Wildman–Crippen MR) is 61.5 cm³/mol. The Hall–Kier alpha value is -0.965. The van der Waals surface area contributed by atoms with Crippen molar-refractivity contribution >= 4 is 24.2 Å². The first-order valence-corrected chi connectivity index (χ1v) is 4.93. The molecule has 0 saturated carbocycles. The van der Waals surface area contributed by atoms with Gasteiger partial charge in [0.15, 0.2) is 0 Å². The highest BCUT2D eigenvalue weighted by Crippen LogP contribution is 2.11. The van der Waals surface area contributed by atoms with E-state index in [9.17, 15) is 0 Å². The van der Waals surface area contributed by atoms with Crippen molar-refractivity contribution in [3.05, 3.63) is 35.4 Å². The third-order valence-electron chi connectivity index (χ3n) is 1.95. The summed E-state index contributed by atoms with van der Waals surface area (Å²) in [6.45, 7) is 2.18. The molecule has 0 saturated heterocycles. The fourth-order valence-electron chi connectivity index (χ4n) is 1.21. The van der Waals surface area contributed by atoms with Gasteiger partial charge in [0.1, 0.15) is 12.4 Å². The molecule has 1 aromatic carbocycles. The van der Waals surface area contributed by atoms with E-state index in [0.29, 0.717) is 17.8 Å². The number of rotatable bonds is 4. The standard InChI is InChI=1S/C10H12BClO3/c1-8-7-9(15-6-2-5-12)3-4-10(8)11(13)14/h2-5,7,13-14H,6H2,1H3/b5-2+.